The molecule has 1 spiro atoms. The molecule has 0 radical (unpaired) electrons. The number of hydrogen-bond donors (Lipinski definition) is 4. The molecule has 2 amide bonds. The molecule has 1 aromatic carbocycles. The molecule has 4 heterocycles. The Labute approximate surface area is 250 Å². The second-order valence-corrected chi connectivity index (χ2v) is 12.1. The van der Waals surface area contributed by atoms with Crippen LogP contribution in [0, 0.1) is 16.6 Å². The summed E-state index contributed by atoms with van der Waals surface area (Å²) in [5.41, 5.74) is 9.09. The van der Waals surface area contributed by atoms with Crippen LogP contribution in [-0.2, 0) is 27.4 Å². The highest BCUT2D eigenvalue weighted by Gasteiger charge is 2.41. The number of nitrogens with zero attached hydrogens (tertiary/aromatic N) is 3. The minimum absolute atomic E-state index is 0.0370. The van der Waals surface area contributed by atoms with Crippen molar-refractivity contribution < 1.29 is 23.5 Å². The number of rotatable bonds is 10. The third-order valence-electron chi connectivity index (χ3n) is 8.76. The number of halogens is 1. The highest BCUT2D eigenvalue weighted by molar-refractivity contribution is 6.02. The van der Waals surface area contributed by atoms with Crippen molar-refractivity contribution in [3.8, 4) is 11.3 Å². The SMILES string of the molecule is CNC(=O)C(CCC=O)N1Cc2c(ccc(-c3cc(CN4CCC5(CC4)COC5)c(N)c(C(=N)NC(C)C)n3)c2F)C1=O. The zero-order chi connectivity index (χ0) is 30.9. The Bertz CT molecular complexity index is 1430. The van der Waals surface area contributed by atoms with Crippen LogP contribution < -0.4 is 16.4 Å². The predicted octanol–water partition coefficient (Wildman–Crippen LogP) is 2.46. The fourth-order valence-corrected chi connectivity index (χ4v) is 6.17. The molecule has 11 nitrogen and oxygen atoms in total. The van der Waals surface area contributed by atoms with Gasteiger partial charge >= 0.3 is 0 Å². The predicted molar refractivity (Wildman–Crippen MR) is 160 cm³/mol. The number of anilines is 1. The Kier molecular flexibility index (Phi) is 8.79. The smallest absolute Gasteiger partial charge is 0.255 e. The van der Waals surface area contributed by atoms with Crippen LogP contribution in [0.4, 0.5) is 10.1 Å². The Morgan fingerprint density at radius 3 is 2.56 bits per heavy atom. The van der Waals surface area contributed by atoms with Gasteiger partial charge in [-0.2, -0.15) is 0 Å². The van der Waals surface area contributed by atoms with Crippen molar-refractivity contribution in [2.45, 2.75) is 64.7 Å². The summed E-state index contributed by atoms with van der Waals surface area (Å²) in [4.78, 5) is 45.1. The molecular formula is C31H40FN7O4. The topological polar surface area (TPSA) is 154 Å². The van der Waals surface area contributed by atoms with E-state index in [9.17, 15) is 14.4 Å². The lowest BCUT2D eigenvalue weighted by molar-refractivity contribution is -0.140. The molecule has 1 aromatic heterocycles. The number of benzene rings is 1. The second kappa shape index (κ2) is 12.4. The zero-order valence-electron chi connectivity index (χ0n) is 25.0. The third kappa shape index (κ3) is 5.98. The van der Waals surface area contributed by atoms with E-state index in [0.717, 1.165) is 44.7 Å². The van der Waals surface area contributed by atoms with Crippen LogP contribution >= 0.6 is 0 Å². The van der Waals surface area contributed by atoms with Gasteiger partial charge in [0.2, 0.25) is 5.91 Å². The number of nitrogens with two attached hydrogens (primary N) is 1. The number of pyridine rings is 1. The van der Waals surface area contributed by atoms with Gasteiger partial charge in [0.1, 0.15) is 29.7 Å². The van der Waals surface area contributed by atoms with E-state index in [1.165, 1.54) is 18.0 Å². The van der Waals surface area contributed by atoms with Gasteiger partial charge < -0.3 is 30.8 Å². The normalized spacial score (nSPS) is 18.3. The molecule has 1 unspecified atom stereocenters. The largest absolute Gasteiger partial charge is 0.397 e. The lowest BCUT2D eigenvalue weighted by Gasteiger charge is -2.47. The third-order valence-corrected chi connectivity index (χ3v) is 8.76. The molecule has 0 aliphatic carbocycles. The molecule has 12 heteroatoms. The first-order chi connectivity index (χ1) is 20.6. The molecule has 3 aliphatic rings. The molecule has 1 atom stereocenters. The minimum Gasteiger partial charge on any atom is -0.397 e. The Morgan fingerprint density at radius 1 is 1.26 bits per heavy atom. The summed E-state index contributed by atoms with van der Waals surface area (Å²) in [6, 6.07) is 3.91. The fourth-order valence-electron chi connectivity index (χ4n) is 6.17. The van der Waals surface area contributed by atoms with Gasteiger partial charge in [0.05, 0.1) is 31.1 Å². The van der Waals surface area contributed by atoms with Crippen molar-refractivity contribution in [1.82, 2.24) is 25.4 Å². The first kappa shape index (κ1) is 30.6. The first-order valence-electron chi connectivity index (χ1n) is 14.8. The number of ether oxygens (including phenoxy) is 1. The van der Waals surface area contributed by atoms with Crippen molar-refractivity contribution in [3.63, 3.8) is 0 Å². The van der Waals surface area contributed by atoms with E-state index in [1.54, 1.807) is 12.1 Å². The standard InChI is InChI=1S/C31H40FN7O4/c1-18(2)36-28(34)27-26(33)19(14-38-10-8-31(9-11-38)16-43-17-31)13-23(37-27)21-7-6-20-22(25(21)32)15-39(30(20)42)24(5-4-12-40)29(41)35-3/h6-7,12-13,18,24H,4-5,8-11,14-17,33H2,1-3H3,(H2,34,36)(H,35,41). The molecule has 3 aliphatic heterocycles. The molecule has 43 heavy (non-hydrogen) atoms. The molecule has 230 valence electrons. The average molecular weight is 594 g/mol. The minimum atomic E-state index is -0.899. The number of carbonyl (C=O) groups is 3. The van der Waals surface area contributed by atoms with E-state index >= 15 is 4.39 Å². The lowest BCUT2D eigenvalue weighted by atomic mass is 9.77. The van der Waals surface area contributed by atoms with Gasteiger partial charge in [-0.25, -0.2) is 9.37 Å². The van der Waals surface area contributed by atoms with Crippen molar-refractivity contribution >= 4 is 29.6 Å². The lowest BCUT2D eigenvalue weighted by Crippen LogP contribution is -2.50. The van der Waals surface area contributed by atoms with Crippen molar-refractivity contribution in [3.05, 3.63) is 46.4 Å². The summed E-state index contributed by atoms with van der Waals surface area (Å²) in [7, 11) is 1.46. The number of nitrogen functional groups attached to an aromatic ring is 1. The van der Waals surface area contributed by atoms with Crippen LogP contribution in [0.2, 0.25) is 0 Å². The van der Waals surface area contributed by atoms with Gasteiger partial charge in [-0.15, -0.1) is 0 Å². The molecule has 0 bridgehead atoms. The fraction of sp³-hybridized carbons (Fsp3) is 0.516. The number of hydrogen-bond acceptors (Lipinski definition) is 8. The summed E-state index contributed by atoms with van der Waals surface area (Å²) in [6.45, 7) is 7.64. The van der Waals surface area contributed by atoms with E-state index in [0.29, 0.717) is 24.2 Å². The van der Waals surface area contributed by atoms with E-state index in [1.807, 2.05) is 13.8 Å². The number of piperidine rings is 1. The first-order valence-corrected chi connectivity index (χ1v) is 14.8. The van der Waals surface area contributed by atoms with Crippen molar-refractivity contribution in [2.75, 3.05) is 39.1 Å². The Balaban J connectivity index is 1.49. The average Bonchev–Trinajstić information content (AvgIpc) is 3.30. The number of carbonyl (C=O) groups excluding carboxylic acids is 3. The van der Waals surface area contributed by atoms with Crippen LogP contribution in [0.25, 0.3) is 11.3 Å². The maximum absolute atomic E-state index is 16.3. The quantitative estimate of drug-likeness (QED) is 0.186. The van der Waals surface area contributed by atoms with E-state index in [2.05, 4.69) is 20.5 Å². The highest BCUT2D eigenvalue weighted by atomic mass is 19.1. The molecule has 5 rings (SSSR count). The number of fused-ring (bicyclic) bond motifs is 1. The second-order valence-electron chi connectivity index (χ2n) is 12.1. The molecule has 2 aromatic rings. The number of aldehydes is 1. The van der Waals surface area contributed by atoms with Gasteiger partial charge in [-0.3, -0.25) is 19.9 Å². The van der Waals surface area contributed by atoms with Gasteiger partial charge in [0, 0.05) is 48.2 Å². The van der Waals surface area contributed by atoms with Crippen LogP contribution in [-0.4, -0.2) is 84.2 Å². The van der Waals surface area contributed by atoms with Crippen LogP contribution in [0.5, 0.6) is 0 Å². The summed E-state index contributed by atoms with van der Waals surface area (Å²) in [5, 5.41) is 14.3. The van der Waals surface area contributed by atoms with Gasteiger partial charge in [0.15, 0.2) is 0 Å². The number of amidine groups is 1. The molecule has 0 saturated carbocycles. The van der Waals surface area contributed by atoms with Crippen molar-refractivity contribution in [2.24, 2.45) is 5.41 Å². The number of amides is 2. The maximum atomic E-state index is 16.3. The van der Waals surface area contributed by atoms with Crippen molar-refractivity contribution in [1.29, 1.82) is 5.41 Å². The van der Waals surface area contributed by atoms with Crippen LogP contribution in [0.1, 0.15) is 66.7 Å². The highest BCUT2D eigenvalue weighted by Crippen LogP contribution is 2.39. The van der Waals surface area contributed by atoms with Gasteiger partial charge in [0.25, 0.3) is 5.91 Å². The molecule has 2 saturated heterocycles. The summed E-state index contributed by atoms with van der Waals surface area (Å²) >= 11 is 0. The van der Waals surface area contributed by atoms with Crippen LogP contribution in [0.3, 0.4) is 0 Å². The van der Waals surface area contributed by atoms with E-state index in [4.69, 9.17) is 15.9 Å². The Hall–Kier alpha value is -3.90. The summed E-state index contributed by atoms with van der Waals surface area (Å²) < 4.78 is 21.7. The summed E-state index contributed by atoms with van der Waals surface area (Å²) in [6.07, 6.45) is 3.00. The van der Waals surface area contributed by atoms with Crippen LogP contribution in [0.15, 0.2) is 18.2 Å². The Morgan fingerprint density at radius 2 is 1.95 bits per heavy atom. The molecule has 2 fully saturated rings. The molecule has 5 N–H and O–H groups in total. The zero-order valence-corrected chi connectivity index (χ0v) is 25.0. The summed E-state index contributed by atoms with van der Waals surface area (Å²) in [5.74, 6) is -1.44. The molecular weight excluding hydrogens is 553 g/mol. The number of likely N-dealkylation sites (N-methyl/N-ethyl adjacent to an activating group) is 1. The maximum Gasteiger partial charge on any atom is 0.255 e. The number of aromatic nitrogens is 1. The van der Waals surface area contributed by atoms with Gasteiger partial charge in [-0.1, -0.05) is 0 Å². The van der Waals surface area contributed by atoms with Gasteiger partial charge in [-0.05, 0) is 70.0 Å². The van der Waals surface area contributed by atoms with E-state index < -0.39 is 23.7 Å². The number of nitrogens with one attached hydrogen (secondary N) is 3. The number of likely N-dealkylation sites (tertiary alicyclic amines) is 1. The van der Waals surface area contributed by atoms with E-state index in [-0.39, 0.29) is 59.1 Å². The monoisotopic (exact) mass is 593 g/mol.